The van der Waals surface area contributed by atoms with Gasteiger partial charge in [-0.1, -0.05) is 19.3 Å². The van der Waals surface area contributed by atoms with Gasteiger partial charge in [-0.25, -0.2) is 9.78 Å². The molecule has 0 amide bonds. The maximum atomic E-state index is 11.0. The molecule has 4 nitrogen and oxygen atoms in total. The molecule has 1 aromatic heterocycles. The third-order valence-electron chi connectivity index (χ3n) is 4.35. The van der Waals surface area contributed by atoms with Crippen molar-refractivity contribution in [1.82, 2.24) is 9.55 Å². The number of aromatic nitrogens is 2. The van der Waals surface area contributed by atoms with Crippen molar-refractivity contribution in [2.45, 2.75) is 45.6 Å². The van der Waals surface area contributed by atoms with Crippen molar-refractivity contribution in [3.63, 3.8) is 0 Å². The molecule has 1 N–H and O–H groups in total. The topological polar surface area (TPSA) is 55.1 Å². The lowest BCUT2D eigenvalue weighted by Crippen LogP contribution is -2.15. The minimum Gasteiger partial charge on any atom is -0.478 e. The van der Waals surface area contributed by atoms with Crippen LogP contribution in [0.2, 0.25) is 0 Å². The Labute approximate surface area is 118 Å². The fourth-order valence-corrected chi connectivity index (χ4v) is 3.24. The van der Waals surface area contributed by atoms with Gasteiger partial charge < -0.3 is 9.67 Å². The van der Waals surface area contributed by atoms with E-state index in [-0.39, 0.29) is 0 Å². The Balaban J connectivity index is 1.93. The van der Waals surface area contributed by atoms with Crippen molar-refractivity contribution in [1.29, 1.82) is 0 Å². The van der Waals surface area contributed by atoms with Gasteiger partial charge in [0.1, 0.15) is 5.82 Å². The van der Waals surface area contributed by atoms with Crippen molar-refractivity contribution in [2.75, 3.05) is 0 Å². The fraction of sp³-hybridized carbons (Fsp3) is 0.500. The number of carboxylic acid groups (broad SMARTS) is 1. The van der Waals surface area contributed by atoms with E-state index in [4.69, 9.17) is 5.11 Å². The van der Waals surface area contributed by atoms with Crippen LogP contribution in [0.3, 0.4) is 0 Å². The van der Waals surface area contributed by atoms with Crippen molar-refractivity contribution in [3.8, 4) is 0 Å². The van der Waals surface area contributed by atoms with Gasteiger partial charge in [0, 0.05) is 6.54 Å². The summed E-state index contributed by atoms with van der Waals surface area (Å²) in [6.07, 6.45) is 6.62. The quantitative estimate of drug-likeness (QED) is 0.928. The van der Waals surface area contributed by atoms with Crippen molar-refractivity contribution >= 4 is 17.0 Å². The van der Waals surface area contributed by atoms with E-state index in [1.165, 1.54) is 32.1 Å². The molecule has 0 aliphatic heterocycles. The van der Waals surface area contributed by atoms with Crippen molar-refractivity contribution < 1.29 is 9.90 Å². The number of carbonyl (C=O) groups is 1. The number of fused-ring (bicyclic) bond motifs is 1. The van der Waals surface area contributed by atoms with Gasteiger partial charge in [0.25, 0.3) is 0 Å². The minimum absolute atomic E-state index is 0.305. The van der Waals surface area contributed by atoms with Crippen LogP contribution in [-0.2, 0) is 6.54 Å². The van der Waals surface area contributed by atoms with E-state index >= 15 is 0 Å². The zero-order valence-corrected chi connectivity index (χ0v) is 11.8. The first kappa shape index (κ1) is 13.2. The van der Waals surface area contributed by atoms with E-state index in [0.717, 1.165) is 29.3 Å². The Morgan fingerprint density at radius 2 is 2.10 bits per heavy atom. The smallest absolute Gasteiger partial charge is 0.335 e. The summed E-state index contributed by atoms with van der Waals surface area (Å²) in [5.74, 6) is 0.818. The van der Waals surface area contributed by atoms with Gasteiger partial charge in [-0.3, -0.25) is 0 Å². The Hall–Kier alpha value is -1.84. The lowest BCUT2D eigenvalue weighted by atomic mass is 9.89. The molecule has 1 heterocycles. The highest BCUT2D eigenvalue weighted by atomic mass is 16.4. The average molecular weight is 272 g/mol. The molecule has 0 unspecified atom stereocenters. The largest absolute Gasteiger partial charge is 0.478 e. The summed E-state index contributed by atoms with van der Waals surface area (Å²) in [5.41, 5.74) is 2.15. The zero-order valence-electron chi connectivity index (χ0n) is 11.8. The van der Waals surface area contributed by atoms with Crippen molar-refractivity contribution in [3.05, 3.63) is 29.6 Å². The normalized spacial score (nSPS) is 16.6. The molecular weight excluding hydrogens is 252 g/mol. The summed E-state index contributed by atoms with van der Waals surface area (Å²) in [4.78, 5) is 15.5. The molecule has 1 saturated carbocycles. The second kappa shape index (κ2) is 5.27. The number of rotatable bonds is 3. The Bertz CT molecular complexity index is 639. The van der Waals surface area contributed by atoms with Crippen LogP contribution in [0.5, 0.6) is 0 Å². The van der Waals surface area contributed by atoms with E-state index in [2.05, 4.69) is 9.55 Å². The summed E-state index contributed by atoms with van der Waals surface area (Å²) in [5, 5.41) is 9.05. The average Bonchev–Trinajstić information content (AvgIpc) is 2.75. The number of hydrogen-bond donors (Lipinski definition) is 1. The highest BCUT2D eigenvalue weighted by molar-refractivity contribution is 5.92. The molecule has 2 aromatic rings. The lowest BCUT2D eigenvalue weighted by Gasteiger charge is -2.22. The summed E-state index contributed by atoms with van der Waals surface area (Å²) in [6, 6.07) is 5.23. The maximum Gasteiger partial charge on any atom is 0.335 e. The van der Waals surface area contributed by atoms with E-state index in [1.54, 1.807) is 12.1 Å². The van der Waals surface area contributed by atoms with Gasteiger partial charge in [0.2, 0.25) is 0 Å². The first-order valence-electron chi connectivity index (χ1n) is 7.35. The highest BCUT2D eigenvalue weighted by Crippen LogP contribution is 2.27. The van der Waals surface area contributed by atoms with Crippen LogP contribution in [0.15, 0.2) is 18.2 Å². The number of aromatic carboxylic acids is 1. The predicted octanol–water partition coefficient (Wildman–Crippen LogP) is 3.62. The van der Waals surface area contributed by atoms with Crippen LogP contribution in [-0.4, -0.2) is 20.6 Å². The van der Waals surface area contributed by atoms with E-state index in [0.29, 0.717) is 5.56 Å². The monoisotopic (exact) mass is 272 g/mol. The summed E-state index contributed by atoms with van der Waals surface area (Å²) >= 11 is 0. The number of carboxylic acids is 1. The van der Waals surface area contributed by atoms with Crippen LogP contribution in [0, 0.1) is 12.8 Å². The number of hydrogen-bond acceptors (Lipinski definition) is 2. The molecule has 1 aromatic carbocycles. The number of imidazole rings is 1. The third-order valence-corrected chi connectivity index (χ3v) is 4.35. The second-order valence-electron chi connectivity index (χ2n) is 5.78. The molecule has 1 fully saturated rings. The molecule has 0 spiro atoms. The van der Waals surface area contributed by atoms with E-state index < -0.39 is 5.97 Å². The second-order valence-corrected chi connectivity index (χ2v) is 5.78. The number of benzene rings is 1. The van der Waals surface area contributed by atoms with Gasteiger partial charge in [-0.15, -0.1) is 0 Å². The molecule has 0 saturated heterocycles. The molecule has 4 heteroatoms. The molecule has 0 atom stereocenters. The summed E-state index contributed by atoms with van der Waals surface area (Å²) in [7, 11) is 0. The molecule has 1 aliphatic carbocycles. The minimum atomic E-state index is -0.897. The van der Waals surface area contributed by atoms with Gasteiger partial charge in [0.05, 0.1) is 16.6 Å². The predicted molar refractivity (Wildman–Crippen MR) is 78.0 cm³/mol. The van der Waals surface area contributed by atoms with Crippen LogP contribution < -0.4 is 0 Å². The molecule has 1 aliphatic rings. The van der Waals surface area contributed by atoms with Crippen LogP contribution >= 0.6 is 0 Å². The first-order chi connectivity index (χ1) is 9.65. The first-order valence-corrected chi connectivity index (χ1v) is 7.35. The van der Waals surface area contributed by atoms with Crippen LogP contribution in [0.25, 0.3) is 11.0 Å². The third kappa shape index (κ3) is 2.42. The molecule has 0 radical (unpaired) electrons. The molecule has 20 heavy (non-hydrogen) atoms. The number of aryl methyl sites for hydroxylation is 1. The SMILES string of the molecule is Cc1nc2cc(C(=O)O)ccc2n1CC1CCCCC1. The van der Waals surface area contributed by atoms with Crippen LogP contribution in [0.1, 0.15) is 48.3 Å². The number of nitrogens with zero attached hydrogens (tertiary/aromatic N) is 2. The Morgan fingerprint density at radius 1 is 1.35 bits per heavy atom. The lowest BCUT2D eigenvalue weighted by molar-refractivity contribution is 0.0697. The van der Waals surface area contributed by atoms with Gasteiger partial charge in [-0.05, 0) is 43.9 Å². The van der Waals surface area contributed by atoms with Crippen LogP contribution in [0.4, 0.5) is 0 Å². The van der Waals surface area contributed by atoms with E-state index in [1.807, 2.05) is 13.0 Å². The maximum absolute atomic E-state index is 11.0. The zero-order chi connectivity index (χ0) is 14.1. The molecular formula is C16H20N2O2. The highest BCUT2D eigenvalue weighted by Gasteiger charge is 2.17. The van der Waals surface area contributed by atoms with Gasteiger partial charge in [0.15, 0.2) is 0 Å². The molecule has 0 bridgehead atoms. The molecule has 106 valence electrons. The summed E-state index contributed by atoms with van der Waals surface area (Å²) < 4.78 is 2.25. The van der Waals surface area contributed by atoms with Gasteiger partial charge >= 0.3 is 5.97 Å². The molecule has 3 rings (SSSR count). The standard InChI is InChI=1S/C16H20N2O2/c1-11-17-14-9-13(16(19)20)7-8-15(14)18(11)10-12-5-3-2-4-6-12/h7-9,12H,2-6,10H2,1H3,(H,19,20). The fourth-order valence-electron chi connectivity index (χ4n) is 3.24. The summed E-state index contributed by atoms with van der Waals surface area (Å²) in [6.45, 7) is 3.01. The van der Waals surface area contributed by atoms with E-state index in [9.17, 15) is 4.79 Å². The Morgan fingerprint density at radius 3 is 2.80 bits per heavy atom. The Kier molecular flexibility index (Phi) is 3.47. The van der Waals surface area contributed by atoms with Crippen molar-refractivity contribution in [2.24, 2.45) is 5.92 Å². The van der Waals surface area contributed by atoms with Gasteiger partial charge in [-0.2, -0.15) is 0 Å².